The van der Waals surface area contributed by atoms with Gasteiger partial charge in [0.25, 0.3) is 5.56 Å². The summed E-state index contributed by atoms with van der Waals surface area (Å²) in [5.74, 6) is 2.58. The molecule has 2 bridgehead atoms. The van der Waals surface area contributed by atoms with E-state index in [-0.39, 0.29) is 18.0 Å². The van der Waals surface area contributed by atoms with Crippen molar-refractivity contribution in [2.24, 2.45) is 11.8 Å². The molecule has 0 aromatic carbocycles. The Labute approximate surface area is 156 Å². The summed E-state index contributed by atoms with van der Waals surface area (Å²) in [7, 11) is 0. The maximum Gasteiger partial charge on any atom is 0.283 e. The van der Waals surface area contributed by atoms with Gasteiger partial charge in [-0.2, -0.15) is 9.50 Å². The lowest BCUT2D eigenvalue weighted by atomic mass is 9.95. The summed E-state index contributed by atoms with van der Waals surface area (Å²) < 4.78 is 3.54. The van der Waals surface area contributed by atoms with Gasteiger partial charge in [0, 0.05) is 36.7 Å². The van der Waals surface area contributed by atoms with Crippen LogP contribution in [0.5, 0.6) is 0 Å². The first-order valence-corrected chi connectivity index (χ1v) is 8.79. The van der Waals surface area contributed by atoms with E-state index in [0.717, 1.165) is 24.6 Å². The molecule has 1 saturated heterocycles. The molecule has 7 nitrogen and oxygen atoms in total. The van der Waals surface area contributed by atoms with Crippen LogP contribution < -0.4 is 10.9 Å². The molecular weight excluding hydrogens is 352 g/mol. The largest absolute Gasteiger partial charge is 0.316 e. The van der Waals surface area contributed by atoms with Gasteiger partial charge in [-0.1, -0.05) is 6.07 Å². The van der Waals surface area contributed by atoms with Crippen LogP contribution in [-0.2, 0) is 6.54 Å². The number of aromatic nitrogens is 5. The van der Waals surface area contributed by atoms with Crippen molar-refractivity contribution in [2.75, 3.05) is 6.54 Å². The molecule has 3 atom stereocenters. The van der Waals surface area contributed by atoms with Crippen LogP contribution in [0.1, 0.15) is 18.7 Å². The summed E-state index contributed by atoms with van der Waals surface area (Å²) in [6.45, 7) is 3.80. The molecular formula is C18H21ClN6O. The molecule has 0 spiro atoms. The van der Waals surface area contributed by atoms with E-state index in [1.165, 1.54) is 17.4 Å². The Morgan fingerprint density at radius 3 is 2.92 bits per heavy atom. The third-order valence-corrected chi connectivity index (χ3v) is 5.57. The summed E-state index contributed by atoms with van der Waals surface area (Å²) in [4.78, 5) is 21.5. The predicted molar refractivity (Wildman–Crippen MR) is 100 cm³/mol. The molecule has 4 heterocycles. The van der Waals surface area contributed by atoms with Gasteiger partial charge in [0.1, 0.15) is 5.82 Å². The number of aryl methyl sites for hydroxylation is 1. The lowest BCUT2D eigenvalue weighted by molar-refractivity contribution is 0.312. The Kier molecular flexibility index (Phi) is 4.28. The number of nitrogens with zero attached hydrogens (tertiary/aromatic N) is 5. The molecule has 0 unspecified atom stereocenters. The van der Waals surface area contributed by atoms with E-state index in [9.17, 15) is 4.79 Å². The third-order valence-electron chi connectivity index (χ3n) is 5.57. The molecule has 1 aliphatic heterocycles. The molecule has 1 aliphatic carbocycles. The summed E-state index contributed by atoms with van der Waals surface area (Å²) in [6, 6.07) is 4.41. The third kappa shape index (κ3) is 2.71. The van der Waals surface area contributed by atoms with E-state index in [4.69, 9.17) is 0 Å². The summed E-state index contributed by atoms with van der Waals surface area (Å²) in [5.41, 5.74) is 1.28. The number of fused-ring (bicyclic) bond motifs is 3. The highest BCUT2D eigenvalue weighted by molar-refractivity contribution is 5.85. The van der Waals surface area contributed by atoms with Crippen molar-refractivity contribution in [2.45, 2.75) is 32.4 Å². The van der Waals surface area contributed by atoms with Crippen molar-refractivity contribution in [1.82, 2.24) is 29.5 Å². The van der Waals surface area contributed by atoms with Crippen molar-refractivity contribution in [3.63, 3.8) is 0 Å². The van der Waals surface area contributed by atoms with Gasteiger partial charge in [-0.25, -0.2) is 0 Å². The summed E-state index contributed by atoms with van der Waals surface area (Å²) >= 11 is 0. The Hall–Kier alpha value is -2.25. The minimum atomic E-state index is -0.144. The first-order valence-electron chi connectivity index (χ1n) is 8.79. The molecule has 0 amide bonds. The number of piperidine rings is 1. The number of rotatable bonds is 3. The quantitative estimate of drug-likeness (QED) is 0.757. The van der Waals surface area contributed by atoms with Crippen LogP contribution in [0.15, 0.2) is 35.5 Å². The number of halogens is 1. The molecule has 1 saturated carbocycles. The first-order chi connectivity index (χ1) is 12.2. The monoisotopic (exact) mass is 372 g/mol. The standard InChI is InChI=1S/C18H20N6O.ClH/c1-11-21-18-23(9-14-6-15-5-13(14)8-20-15)10-16(17(25)24(18)22-11)12-3-2-4-19-7-12;/h2-4,7,10,13-15,20H,5-6,8-9H2,1H3;1H/t13-,14-,15-;/m1./s1. The summed E-state index contributed by atoms with van der Waals surface area (Å²) in [6.07, 6.45) is 7.82. The normalized spacial score (nSPS) is 24.1. The second-order valence-electron chi connectivity index (χ2n) is 7.21. The Morgan fingerprint density at radius 2 is 2.23 bits per heavy atom. The Balaban J connectivity index is 0.00000168. The SMILES string of the molecule is Cc1nc2n(C[C@H]3C[C@H]4C[C@@H]3CN4)cc(-c3cccnc3)c(=O)n2n1.Cl. The highest BCUT2D eigenvalue weighted by Crippen LogP contribution is 2.37. The molecule has 26 heavy (non-hydrogen) atoms. The van der Waals surface area contributed by atoms with E-state index in [0.29, 0.717) is 29.1 Å². The molecule has 8 heteroatoms. The van der Waals surface area contributed by atoms with Crippen molar-refractivity contribution in [3.05, 3.63) is 46.9 Å². The molecule has 2 fully saturated rings. The minimum absolute atomic E-state index is 0. The van der Waals surface area contributed by atoms with Gasteiger partial charge >= 0.3 is 0 Å². The van der Waals surface area contributed by atoms with Crippen molar-refractivity contribution < 1.29 is 0 Å². The highest BCUT2D eigenvalue weighted by atomic mass is 35.5. The van der Waals surface area contributed by atoms with E-state index in [1.54, 1.807) is 12.4 Å². The Morgan fingerprint density at radius 1 is 1.35 bits per heavy atom. The van der Waals surface area contributed by atoms with Gasteiger partial charge in [0.15, 0.2) is 0 Å². The zero-order valence-corrected chi connectivity index (χ0v) is 15.3. The predicted octanol–water partition coefficient (Wildman–Crippen LogP) is 1.68. The van der Waals surface area contributed by atoms with E-state index >= 15 is 0 Å². The molecule has 5 rings (SSSR count). The fourth-order valence-corrected chi connectivity index (χ4v) is 4.39. The molecule has 2 aliphatic rings. The zero-order valence-electron chi connectivity index (χ0n) is 14.5. The van der Waals surface area contributed by atoms with Gasteiger partial charge in [-0.15, -0.1) is 17.5 Å². The number of hydrogen-bond donors (Lipinski definition) is 1. The lowest BCUT2D eigenvalue weighted by Crippen LogP contribution is -2.32. The van der Waals surface area contributed by atoms with E-state index in [2.05, 4.69) is 25.0 Å². The van der Waals surface area contributed by atoms with E-state index < -0.39 is 0 Å². The maximum absolute atomic E-state index is 12.9. The van der Waals surface area contributed by atoms with Crippen LogP contribution in [0.2, 0.25) is 0 Å². The fourth-order valence-electron chi connectivity index (χ4n) is 4.39. The molecule has 3 aromatic heterocycles. The molecule has 136 valence electrons. The number of nitrogens with one attached hydrogen (secondary N) is 1. The average molecular weight is 373 g/mol. The molecule has 1 N–H and O–H groups in total. The van der Waals surface area contributed by atoms with Crippen LogP contribution in [0, 0.1) is 18.8 Å². The molecule has 3 aromatic rings. The van der Waals surface area contributed by atoms with Gasteiger partial charge in [-0.3, -0.25) is 9.78 Å². The van der Waals surface area contributed by atoms with Crippen molar-refractivity contribution in [3.8, 4) is 11.1 Å². The van der Waals surface area contributed by atoms with Gasteiger partial charge in [0.2, 0.25) is 5.78 Å². The number of pyridine rings is 1. The first kappa shape index (κ1) is 17.2. The topological polar surface area (TPSA) is 77.1 Å². The maximum atomic E-state index is 12.9. The highest BCUT2D eigenvalue weighted by Gasteiger charge is 2.39. The van der Waals surface area contributed by atoms with Gasteiger partial charge in [-0.05, 0) is 44.2 Å². The van der Waals surface area contributed by atoms with Crippen LogP contribution in [0.25, 0.3) is 16.9 Å². The van der Waals surface area contributed by atoms with E-state index in [1.807, 2.05) is 25.3 Å². The fraction of sp³-hybridized carbons (Fsp3) is 0.444. The molecule has 0 radical (unpaired) electrons. The second kappa shape index (κ2) is 6.48. The van der Waals surface area contributed by atoms with Gasteiger partial charge in [0.05, 0.1) is 5.56 Å². The van der Waals surface area contributed by atoms with Gasteiger partial charge < -0.3 is 9.88 Å². The van der Waals surface area contributed by atoms with Crippen LogP contribution in [-0.4, -0.2) is 36.7 Å². The van der Waals surface area contributed by atoms with Crippen molar-refractivity contribution in [1.29, 1.82) is 0 Å². The van der Waals surface area contributed by atoms with Crippen molar-refractivity contribution >= 4 is 18.2 Å². The lowest BCUT2D eigenvalue weighted by Gasteiger charge is -2.23. The van der Waals surface area contributed by atoms with Crippen LogP contribution in [0.4, 0.5) is 0 Å². The smallest absolute Gasteiger partial charge is 0.283 e. The minimum Gasteiger partial charge on any atom is -0.316 e. The van der Waals surface area contributed by atoms with Crippen LogP contribution in [0.3, 0.4) is 0 Å². The zero-order chi connectivity index (χ0) is 17.0. The Bertz CT molecular complexity index is 998. The number of hydrogen-bond acceptors (Lipinski definition) is 5. The summed E-state index contributed by atoms with van der Waals surface area (Å²) in [5, 5.41) is 7.88. The van der Waals surface area contributed by atoms with Crippen LogP contribution >= 0.6 is 12.4 Å². The second-order valence-corrected chi connectivity index (χ2v) is 7.21. The average Bonchev–Trinajstić information content (AvgIpc) is 3.33.